The van der Waals surface area contributed by atoms with Crippen LogP contribution >= 0.6 is 0 Å². The molecule has 7 heteroatoms. The Hall–Kier alpha value is -1.89. The molecule has 2 heterocycles. The van der Waals surface area contributed by atoms with Gasteiger partial charge in [-0.15, -0.1) is 0 Å². The summed E-state index contributed by atoms with van der Waals surface area (Å²) in [4.78, 5) is 21.6. The van der Waals surface area contributed by atoms with Gasteiger partial charge in [0.1, 0.15) is 0 Å². The topological polar surface area (TPSA) is 84.8 Å². The van der Waals surface area contributed by atoms with E-state index in [0.717, 1.165) is 24.3 Å². The third-order valence-corrected chi connectivity index (χ3v) is 3.24. The Morgan fingerprint density at radius 1 is 1.40 bits per heavy atom. The summed E-state index contributed by atoms with van der Waals surface area (Å²) < 4.78 is 10.6. The Kier molecular flexibility index (Phi) is 4.73. The summed E-state index contributed by atoms with van der Waals surface area (Å²) >= 11 is 0. The van der Waals surface area contributed by atoms with Gasteiger partial charge in [0, 0.05) is 30.8 Å². The van der Waals surface area contributed by atoms with Crippen LogP contribution in [0.1, 0.15) is 17.7 Å². The van der Waals surface area contributed by atoms with Crippen molar-refractivity contribution in [2.75, 3.05) is 38.3 Å². The molecule has 0 spiro atoms. The van der Waals surface area contributed by atoms with Crippen LogP contribution in [0.2, 0.25) is 0 Å². The van der Waals surface area contributed by atoms with Crippen molar-refractivity contribution >= 4 is 11.9 Å². The molecule has 1 aromatic rings. The van der Waals surface area contributed by atoms with Crippen molar-refractivity contribution in [2.45, 2.75) is 19.8 Å². The van der Waals surface area contributed by atoms with Crippen molar-refractivity contribution in [3.05, 3.63) is 11.3 Å². The minimum atomic E-state index is -0.844. The average Bonchev–Trinajstić information content (AvgIpc) is 2.46. The van der Waals surface area contributed by atoms with Crippen LogP contribution in [-0.2, 0) is 16.0 Å². The molecule has 2 rings (SSSR count). The van der Waals surface area contributed by atoms with Crippen LogP contribution in [0.15, 0.2) is 0 Å². The van der Waals surface area contributed by atoms with Crippen molar-refractivity contribution < 1.29 is 19.4 Å². The summed E-state index contributed by atoms with van der Waals surface area (Å²) in [5.41, 5.74) is 1.52. The zero-order chi connectivity index (χ0) is 14.5. The smallest absolute Gasteiger partial charge is 0.303 e. The Bertz CT molecular complexity index is 487. The fourth-order valence-electron chi connectivity index (χ4n) is 2.15. The van der Waals surface area contributed by atoms with Gasteiger partial charge < -0.3 is 19.5 Å². The molecule has 1 N–H and O–H groups in total. The largest absolute Gasteiger partial charge is 0.481 e. The number of carboxylic acids is 1. The molecule has 0 bridgehead atoms. The van der Waals surface area contributed by atoms with Crippen LogP contribution in [0.25, 0.3) is 0 Å². The molecular formula is C13H19N3O4. The summed E-state index contributed by atoms with van der Waals surface area (Å²) in [7, 11) is 1.54. The number of nitrogens with zero attached hydrogens (tertiary/aromatic N) is 3. The van der Waals surface area contributed by atoms with E-state index in [9.17, 15) is 4.79 Å². The van der Waals surface area contributed by atoms with Gasteiger partial charge in [0.15, 0.2) is 0 Å². The van der Waals surface area contributed by atoms with Gasteiger partial charge >= 0.3 is 5.97 Å². The molecular weight excluding hydrogens is 262 g/mol. The number of carboxylic acid groups (broad SMARTS) is 1. The van der Waals surface area contributed by atoms with Crippen LogP contribution in [0, 0.1) is 6.92 Å². The molecule has 1 aliphatic rings. The maximum atomic E-state index is 10.7. The average molecular weight is 281 g/mol. The Morgan fingerprint density at radius 2 is 2.10 bits per heavy atom. The quantitative estimate of drug-likeness (QED) is 0.848. The molecule has 0 saturated carbocycles. The lowest BCUT2D eigenvalue weighted by atomic mass is 10.1. The lowest BCUT2D eigenvalue weighted by Crippen LogP contribution is -2.37. The molecule has 7 nitrogen and oxygen atoms in total. The first kappa shape index (κ1) is 14.5. The third kappa shape index (κ3) is 3.36. The predicted molar refractivity (Wildman–Crippen MR) is 72.3 cm³/mol. The second-order valence-corrected chi connectivity index (χ2v) is 4.59. The number of rotatable bonds is 5. The number of aromatic nitrogens is 2. The van der Waals surface area contributed by atoms with Crippen molar-refractivity contribution in [3.8, 4) is 5.88 Å². The van der Waals surface area contributed by atoms with Crippen LogP contribution in [0.4, 0.5) is 5.95 Å². The number of ether oxygens (including phenoxy) is 2. The van der Waals surface area contributed by atoms with Gasteiger partial charge in [0.2, 0.25) is 11.8 Å². The van der Waals surface area contributed by atoms with Crippen LogP contribution in [0.3, 0.4) is 0 Å². The number of carbonyl (C=O) groups is 1. The SMILES string of the molecule is COc1nc(N2CCOCC2)nc(C)c1CCC(=O)O. The zero-order valence-electron chi connectivity index (χ0n) is 11.8. The van der Waals surface area contributed by atoms with Gasteiger partial charge in [-0.1, -0.05) is 0 Å². The van der Waals surface area contributed by atoms with E-state index in [1.807, 2.05) is 11.8 Å². The molecule has 110 valence electrons. The summed E-state index contributed by atoms with van der Waals surface area (Å²) in [6.45, 7) is 4.66. The van der Waals surface area contributed by atoms with Crippen LogP contribution in [-0.4, -0.2) is 54.5 Å². The third-order valence-electron chi connectivity index (χ3n) is 3.24. The Balaban J connectivity index is 2.24. The van der Waals surface area contributed by atoms with Gasteiger partial charge in [0.25, 0.3) is 0 Å². The lowest BCUT2D eigenvalue weighted by Gasteiger charge is -2.27. The highest BCUT2D eigenvalue weighted by molar-refractivity contribution is 5.67. The molecule has 0 aromatic carbocycles. The standard InChI is InChI=1S/C13H19N3O4/c1-9-10(3-4-11(17)18)12(19-2)15-13(14-9)16-5-7-20-8-6-16/h3-8H2,1-2H3,(H,17,18). The van der Waals surface area contributed by atoms with E-state index in [-0.39, 0.29) is 6.42 Å². The molecule has 0 atom stereocenters. The fourth-order valence-corrected chi connectivity index (χ4v) is 2.15. The second-order valence-electron chi connectivity index (χ2n) is 4.59. The van der Waals surface area contributed by atoms with E-state index >= 15 is 0 Å². The number of hydrogen-bond acceptors (Lipinski definition) is 6. The molecule has 1 aromatic heterocycles. The van der Waals surface area contributed by atoms with Gasteiger partial charge in [-0.2, -0.15) is 4.98 Å². The van der Waals surface area contributed by atoms with Crippen LogP contribution in [0.5, 0.6) is 5.88 Å². The first-order chi connectivity index (χ1) is 9.61. The summed E-state index contributed by atoms with van der Waals surface area (Å²) in [6.07, 6.45) is 0.408. The number of anilines is 1. The summed E-state index contributed by atoms with van der Waals surface area (Å²) in [6, 6.07) is 0. The lowest BCUT2D eigenvalue weighted by molar-refractivity contribution is -0.136. The van der Waals surface area contributed by atoms with Gasteiger partial charge in [-0.3, -0.25) is 4.79 Å². The minimum Gasteiger partial charge on any atom is -0.481 e. The van der Waals surface area contributed by atoms with Crippen molar-refractivity contribution in [1.29, 1.82) is 0 Å². The molecule has 1 saturated heterocycles. The monoisotopic (exact) mass is 281 g/mol. The van der Waals surface area contributed by atoms with E-state index in [1.54, 1.807) is 0 Å². The Labute approximate surface area is 117 Å². The highest BCUT2D eigenvalue weighted by atomic mass is 16.5. The normalized spacial score (nSPS) is 15.2. The molecule has 0 unspecified atom stereocenters. The molecule has 0 radical (unpaired) electrons. The molecule has 0 amide bonds. The second kappa shape index (κ2) is 6.51. The highest BCUT2D eigenvalue weighted by Gasteiger charge is 2.19. The summed E-state index contributed by atoms with van der Waals surface area (Å²) in [5, 5.41) is 8.78. The number of aliphatic carboxylic acids is 1. The molecule has 20 heavy (non-hydrogen) atoms. The first-order valence-corrected chi connectivity index (χ1v) is 6.58. The number of morpholine rings is 1. The van der Waals surface area contributed by atoms with E-state index in [2.05, 4.69) is 9.97 Å². The molecule has 1 fully saturated rings. The van der Waals surface area contributed by atoms with Gasteiger partial charge in [0.05, 0.1) is 20.3 Å². The van der Waals surface area contributed by atoms with E-state index in [1.165, 1.54) is 7.11 Å². The fraction of sp³-hybridized carbons (Fsp3) is 0.615. The van der Waals surface area contributed by atoms with Crippen molar-refractivity contribution in [2.24, 2.45) is 0 Å². The van der Waals surface area contributed by atoms with Gasteiger partial charge in [-0.25, -0.2) is 4.98 Å². The van der Waals surface area contributed by atoms with Crippen molar-refractivity contribution in [3.63, 3.8) is 0 Å². The zero-order valence-corrected chi connectivity index (χ0v) is 11.8. The number of hydrogen-bond donors (Lipinski definition) is 1. The number of aryl methyl sites for hydroxylation is 1. The van der Waals surface area contributed by atoms with Gasteiger partial charge in [-0.05, 0) is 13.3 Å². The van der Waals surface area contributed by atoms with E-state index < -0.39 is 5.97 Å². The maximum absolute atomic E-state index is 10.7. The van der Waals surface area contributed by atoms with E-state index in [4.69, 9.17) is 14.6 Å². The van der Waals surface area contributed by atoms with Crippen molar-refractivity contribution in [1.82, 2.24) is 9.97 Å². The van der Waals surface area contributed by atoms with E-state index in [0.29, 0.717) is 31.5 Å². The Morgan fingerprint density at radius 3 is 2.70 bits per heavy atom. The van der Waals surface area contributed by atoms with Crippen LogP contribution < -0.4 is 9.64 Å². The number of methoxy groups -OCH3 is 1. The minimum absolute atomic E-state index is 0.0391. The maximum Gasteiger partial charge on any atom is 0.303 e. The molecule has 1 aliphatic heterocycles. The molecule has 0 aliphatic carbocycles. The predicted octanol–water partition coefficient (Wildman–Crippen LogP) is 0.647. The first-order valence-electron chi connectivity index (χ1n) is 6.58. The highest BCUT2D eigenvalue weighted by Crippen LogP contribution is 2.24. The summed E-state index contributed by atoms with van der Waals surface area (Å²) in [5.74, 6) is 0.227.